The topological polar surface area (TPSA) is 26.3 Å². The molecule has 0 N–H and O–H groups in total. The van der Waals surface area contributed by atoms with Gasteiger partial charge in [0.15, 0.2) is 0 Å². The summed E-state index contributed by atoms with van der Waals surface area (Å²) in [6.45, 7) is 0. The smallest absolute Gasteiger partial charge is 0.150 e. The van der Waals surface area contributed by atoms with Gasteiger partial charge in [0.05, 0.1) is 0 Å². The molecule has 0 atom stereocenters. The van der Waals surface area contributed by atoms with Crippen LogP contribution in [0.4, 0.5) is 0 Å². The summed E-state index contributed by atoms with van der Waals surface area (Å²) in [4.78, 5) is 10.4. The Morgan fingerprint density at radius 3 is 2.60 bits per heavy atom. The van der Waals surface area contributed by atoms with Crippen LogP contribution >= 0.6 is 0 Å². The number of aldehydes is 1. The minimum atomic E-state index is 0.667. The molecular formula is C13H12O2. The van der Waals surface area contributed by atoms with Crippen molar-refractivity contribution in [2.24, 2.45) is 0 Å². The lowest BCUT2D eigenvalue weighted by Crippen LogP contribution is -1.97. The highest BCUT2D eigenvalue weighted by atomic mass is 16.5. The molecule has 0 aromatic heterocycles. The third-order valence-corrected chi connectivity index (χ3v) is 2.24. The van der Waals surface area contributed by atoms with Gasteiger partial charge in [0.25, 0.3) is 0 Å². The van der Waals surface area contributed by atoms with Crippen molar-refractivity contribution in [1.82, 2.24) is 0 Å². The molecule has 15 heavy (non-hydrogen) atoms. The fourth-order valence-electron chi connectivity index (χ4n) is 1.43. The third-order valence-electron chi connectivity index (χ3n) is 2.24. The molecule has 0 unspecified atom stereocenters. The van der Waals surface area contributed by atoms with E-state index in [1.165, 1.54) is 0 Å². The predicted molar refractivity (Wildman–Crippen MR) is 58.9 cm³/mol. The number of carbonyl (C=O) groups excluding carboxylic acids is 1. The second-order valence-electron chi connectivity index (χ2n) is 3.39. The molecule has 2 heteroatoms. The van der Waals surface area contributed by atoms with E-state index in [4.69, 9.17) is 4.74 Å². The summed E-state index contributed by atoms with van der Waals surface area (Å²) < 4.78 is 5.65. The van der Waals surface area contributed by atoms with Crippen LogP contribution in [0.1, 0.15) is 23.2 Å². The lowest BCUT2D eigenvalue weighted by atomic mass is 10.1. The lowest BCUT2D eigenvalue weighted by molar-refractivity contribution is 0.112. The summed E-state index contributed by atoms with van der Waals surface area (Å²) in [6, 6.07) is 7.12. The van der Waals surface area contributed by atoms with E-state index in [9.17, 15) is 4.79 Å². The normalized spacial score (nSPS) is 14.5. The molecular weight excluding hydrogens is 188 g/mol. The fraction of sp³-hybridized carbons (Fsp3) is 0.154. The summed E-state index contributed by atoms with van der Waals surface area (Å²) in [5, 5.41) is 0. The molecule has 2 nitrogen and oxygen atoms in total. The van der Waals surface area contributed by atoms with Gasteiger partial charge in [0.1, 0.15) is 17.8 Å². The number of carbonyl (C=O) groups is 1. The van der Waals surface area contributed by atoms with Crippen molar-refractivity contribution in [3.63, 3.8) is 0 Å². The Bertz CT molecular complexity index is 399. The average molecular weight is 200 g/mol. The molecule has 76 valence electrons. The van der Waals surface area contributed by atoms with Gasteiger partial charge in [0, 0.05) is 12.0 Å². The molecule has 0 saturated carbocycles. The monoisotopic (exact) mass is 200 g/mol. The van der Waals surface area contributed by atoms with Crippen molar-refractivity contribution in [3.8, 4) is 5.75 Å². The van der Waals surface area contributed by atoms with Gasteiger partial charge in [-0.3, -0.25) is 4.79 Å². The SMILES string of the molecule is O=Cc1ccc(OC2=CC=CCC2)cc1. The van der Waals surface area contributed by atoms with Crippen LogP contribution in [0, 0.1) is 0 Å². The van der Waals surface area contributed by atoms with Crippen LogP contribution in [0.2, 0.25) is 0 Å². The van der Waals surface area contributed by atoms with Crippen molar-refractivity contribution < 1.29 is 9.53 Å². The standard InChI is InChI=1S/C13H12O2/c14-10-11-6-8-13(9-7-11)15-12-4-2-1-3-5-12/h1-2,4,6-10H,3,5H2. The molecule has 1 aliphatic rings. The van der Waals surface area contributed by atoms with Crippen LogP contribution < -0.4 is 4.74 Å². The quantitative estimate of drug-likeness (QED) is 0.701. The Morgan fingerprint density at radius 2 is 2.00 bits per heavy atom. The Morgan fingerprint density at radius 1 is 1.20 bits per heavy atom. The maximum absolute atomic E-state index is 10.4. The highest BCUT2D eigenvalue weighted by Crippen LogP contribution is 2.19. The van der Waals surface area contributed by atoms with Gasteiger partial charge in [-0.2, -0.15) is 0 Å². The Hall–Kier alpha value is -1.83. The van der Waals surface area contributed by atoms with E-state index >= 15 is 0 Å². The van der Waals surface area contributed by atoms with Gasteiger partial charge in [-0.25, -0.2) is 0 Å². The maximum Gasteiger partial charge on any atom is 0.150 e. The van der Waals surface area contributed by atoms with Crippen LogP contribution in [0.15, 0.2) is 48.3 Å². The fourth-order valence-corrected chi connectivity index (χ4v) is 1.43. The van der Waals surface area contributed by atoms with Crippen molar-refractivity contribution in [3.05, 3.63) is 53.8 Å². The largest absolute Gasteiger partial charge is 0.462 e. The molecule has 0 bridgehead atoms. The van der Waals surface area contributed by atoms with Crippen molar-refractivity contribution in [2.45, 2.75) is 12.8 Å². The summed E-state index contributed by atoms with van der Waals surface area (Å²) in [5.41, 5.74) is 0.667. The first-order valence-corrected chi connectivity index (χ1v) is 4.97. The molecule has 0 saturated heterocycles. The molecule has 0 heterocycles. The van der Waals surface area contributed by atoms with Crippen molar-refractivity contribution in [1.29, 1.82) is 0 Å². The molecule has 1 aliphatic carbocycles. The molecule has 0 spiro atoms. The zero-order valence-corrected chi connectivity index (χ0v) is 8.35. The average Bonchev–Trinajstić information content (AvgIpc) is 2.31. The van der Waals surface area contributed by atoms with Crippen LogP contribution in [0.3, 0.4) is 0 Å². The van der Waals surface area contributed by atoms with Crippen molar-refractivity contribution in [2.75, 3.05) is 0 Å². The number of benzene rings is 1. The predicted octanol–water partition coefficient (Wildman–Crippen LogP) is 3.11. The van der Waals surface area contributed by atoms with Crippen LogP contribution in [0.5, 0.6) is 5.75 Å². The Balaban J connectivity index is 2.07. The van der Waals surface area contributed by atoms with Crippen molar-refractivity contribution >= 4 is 6.29 Å². The molecule has 1 aromatic rings. The van der Waals surface area contributed by atoms with Gasteiger partial charge in [-0.15, -0.1) is 0 Å². The van der Waals surface area contributed by atoms with E-state index < -0.39 is 0 Å². The first-order valence-electron chi connectivity index (χ1n) is 4.97. The number of hydrogen-bond donors (Lipinski definition) is 0. The van der Waals surface area contributed by atoms with E-state index in [-0.39, 0.29) is 0 Å². The van der Waals surface area contributed by atoms with E-state index in [0.717, 1.165) is 30.6 Å². The molecule has 2 rings (SSSR count). The number of hydrogen-bond acceptors (Lipinski definition) is 2. The summed E-state index contributed by atoms with van der Waals surface area (Å²) in [5.74, 6) is 1.75. The minimum Gasteiger partial charge on any atom is -0.462 e. The second-order valence-corrected chi connectivity index (χ2v) is 3.39. The first-order chi connectivity index (χ1) is 7.38. The van der Waals surface area contributed by atoms with Crippen LogP contribution in [-0.2, 0) is 0 Å². The van der Waals surface area contributed by atoms with E-state index in [1.54, 1.807) is 12.1 Å². The summed E-state index contributed by atoms with van der Waals surface area (Å²) in [6.07, 6.45) is 8.87. The zero-order chi connectivity index (χ0) is 10.5. The number of ether oxygens (including phenoxy) is 1. The number of allylic oxidation sites excluding steroid dienone is 4. The molecule has 0 radical (unpaired) electrons. The lowest BCUT2D eigenvalue weighted by Gasteiger charge is -2.10. The molecule has 1 aromatic carbocycles. The van der Waals surface area contributed by atoms with Gasteiger partial charge < -0.3 is 4.74 Å². The van der Waals surface area contributed by atoms with Gasteiger partial charge >= 0.3 is 0 Å². The zero-order valence-electron chi connectivity index (χ0n) is 8.35. The molecule has 0 fully saturated rings. The van der Waals surface area contributed by atoms with Gasteiger partial charge in [0.2, 0.25) is 0 Å². The summed E-state index contributed by atoms with van der Waals surface area (Å²) >= 11 is 0. The van der Waals surface area contributed by atoms with Crippen LogP contribution in [-0.4, -0.2) is 6.29 Å². The van der Waals surface area contributed by atoms with Crippen LogP contribution in [0.25, 0.3) is 0 Å². The van der Waals surface area contributed by atoms with Gasteiger partial charge in [-0.05, 0) is 36.8 Å². The van der Waals surface area contributed by atoms with E-state index in [1.807, 2.05) is 24.3 Å². The number of rotatable bonds is 3. The molecule has 0 aliphatic heterocycles. The summed E-state index contributed by atoms with van der Waals surface area (Å²) in [7, 11) is 0. The highest BCUT2D eigenvalue weighted by Gasteiger charge is 2.02. The second kappa shape index (κ2) is 4.60. The third kappa shape index (κ3) is 2.56. The maximum atomic E-state index is 10.4. The Labute approximate surface area is 88.9 Å². The molecule has 0 amide bonds. The van der Waals surface area contributed by atoms with E-state index in [2.05, 4.69) is 6.08 Å². The minimum absolute atomic E-state index is 0.667. The first kappa shape index (κ1) is 9.71. The van der Waals surface area contributed by atoms with E-state index in [0.29, 0.717) is 5.56 Å². The Kier molecular flexibility index (Phi) is 2.98. The highest BCUT2D eigenvalue weighted by molar-refractivity contribution is 5.74. The van der Waals surface area contributed by atoms with Gasteiger partial charge in [-0.1, -0.05) is 12.2 Å².